The van der Waals surface area contributed by atoms with Gasteiger partial charge in [0.25, 0.3) is 0 Å². The van der Waals surface area contributed by atoms with E-state index in [0.717, 1.165) is 31.5 Å². The molecule has 0 aliphatic carbocycles. The molecule has 178 valence electrons. The third-order valence-corrected chi connectivity index (χ3v) is 5.56. The average Bonchev–Trinajstić information content (AvgIpc) is 2.75. The van der Waals surface area contributed by atoms with E-state index in [9.17, 15) is 8.42 Å². The highest BCUT2D eigenvalue weighted by Crippen LogP contribution is 2.20. The van der Waals surface area contributed by atoms with Crippen LogP contribution in [-0.2, 0) is 16.6 Å². The molecule has 0 heterocycles. The van der Waals surface area contributed by atoms with Gasteiger partial charge in [-0.25, -0.2) is 13.4 Å². The third-order valence-electron chi connectivity index (χ3n) is 4.96. The summed E-state index contributed by atoms with van der Waals surface area (Å²) in [4.78, 5) is 7.11. The van der Waals surface area contributed by atoms with Crippen LogP contribution in [0, 0.1) is 0 Å². The molecule has 0 amide bonds. The first-order chi connectivity index (χ1) is 14.9. The molecule has 0 aliphatic rings. The van der Waals surface area contributed by atoms with E-state index in [0.29, 0.717) is 24.7 Å². The van der Waals surface area contributed by atoms with Crippen molar-refractivity contribution in [2.75, 3.05) is 37.2 Å². The summed E-state index contributed by atoms with van der Waals surface area (Å²) in [6.45, 7) is 10.1. The fourth-order valence-corrected chi connectivity index (χ4v) is 4.05. The third kappa shape index (κ3) is 9.33. The molecule has 1 atom stereocenters. The van der Waals surface area contributed by atoms with Gasteiger partial charge in [-0.15, -0.1) is 24.0 Å². The molecule has 0 fully saturated rings. The number of hydrogen-bond donors (Lipinski definition) is 3. The quantitative estimate of drug-likeness (QED) is 0.216. The molecule has 1 unspecified atom stereocenters. The van der Waals surface area contributed by atoms with Crippen LogP contribution >= 0.6 is 24.0 Å². The summed E-state index contributed by atoms with van der Waals surface area (Å²) in [5, 5.41) is 6.75. The second-order valence-corrected chi connectivity index (χ2v) is 9.00. The zero-order valence-corrected chi connectivity index (χ0v) is 22.5. The number of hydrogen-bond acceptors (Lipinski definition) is 4. The topological polar surface area (TPSA) is 85.8 Å². The molecule has 2 aromatic rings. The van der Waals surface area contributed by atoms with Gasteiger partial charge in [-0.2, -0.15) is 0 Å². The number of halogens is 1. The van der Waals surface area contributed by atoms with Crippen LogP contribution in [0.4, 0.5) is 5.69 Å². The van der Waals surface area contributed by atoms with E-state index in [-0.39, 0.29) is 30.0 Å². The largest absolute Gasteiger partial charge is 0.357 e. The standard InChI is InChI=1S/C23H35N5O2S.HI/c1-5-24-23(25-17-20-15-11-12-16-21(20)27-31(4,29)30)26-18-22(28(6-2)7-3)19-13-9-8-10-14-19;/h8-16,22,27H,5-7,17-18H2,1-4H3,(H2,24,25,26);1H. The maximum absolute atomic E-state index is 11.7. The van der Waals surface area contributed by atoms with Crippen LogP contribution in [0.3, 0.4) is 0 Å². The first-order valence-corrected chi connectivity index (χ1v) is 12.6. The molecule has 2 aromatic carbocycles. The monoisotopic (exact) mass is 573 g/mol. The Kier molecular flexibility index (Phi) is 12.6. The van der Waals surface area contributed by atoms with Gasteiger partial charge in [-0.05, 0) is 37.2 Å². The predicted octanol–water partition coefficient (Wildman–Crippen LogP) is 3.81. The van der Waals surface area contributed by atoms with E-state index in [4.69, 9.17) is 4.99 Å². The van der Waals surface area contributed by atoms with Crippen LogP contribution in [-0.4, -0.2) is 51.7 Å². The van der Waals surface area contributed by atoms with Crippen molar-refractivity contribution in [3.8, 4) is 0 Å². The molecule has 32 heavy (non-hydrogen) atoms. The fourth-order valence-electron chi connectivity index (χ4n) is 3.45. The van der Waals surface area contributed by atoms with Crippen molar-refractivity contribution in [3.63, 3.8) is 0 Å². The molecular weight excluding hydrogens is 537 g/mol. The summed E-state index contributed by atoms with van der Waals surface area (Å²) < 4.78 is 25.9. The van der Waals surface area contributed by atoms with E-state index >= 15 is 0 Å². The van der Waals surface area contributed by atoms with Gasteiger partial charge in [-0.1, -0.05) is 62.4 Å². The summed E-state index contributed by atoms with van der Waals surface area (Å²) in [6, 6.07) is 18.0. The van der Waals surface area contributed by atoms with E-state index in [1.54, 1.807) is 12.1 Å². The molecular formula is C23H36IN5O2S. The van der Waals surface area contributed by atoms with E-state index in [1.807, 2.05) is 25.1 Å². The maximum Gasteiger partial charge on any atom is 0.229 e. The van der Waals surface area contributed by atoms with E-state index in [1.165, 1.54) is 5.56 Å². The van der Waals surface area contributed by atoms with Gasteiger partial charge in [0.05, 0.1) is 24.5 Å². The van der Waals surface area contributed by atoms with Crippen molar-refractivity contribution in [2.24, 2.45) is 4.99 Å². The van der Waals surface area contributed by atoms with Gasteiger partial charge in [0.2, 0.25) is 10.0 Å². The number of benzene rings is 2. The number of likely N-dealkylation sites (N-methyl/N-ethyl adjacent to an activating group) is 1. The SMILES string of the molecule is CCNC(=NCc1ccccc1NS(C)(=O)=O)NCC(c1ccccc1)N(CC)CC.I. The van der Waals surface area contributed by atoms with Crippen LogP contribution < -0.4 is 15.4 Å². The molecule has 0 saturated heterocycles. The number of nitrogens with one attached hydrogen (secondary N) is 3. The van der Waals surface area contributed by atoms with Crippen molar-refractivity contribution < 1.29 is 8.42 Å². The molecule has 0 spiro atoms. The highest BCUT2D eigenvalue weighted by molar-refractivity contribution is 14.0. The number of guanidine groups is 1. The summed E-state index contributed by atoms with van der Waals surface area (Å²) in [7, 11) is -3.35. The number of anilines is 1. The summed E-state index contributed by atoms with van der Waals surface area (Å²) in [5.41, 5.74) is 2.63. The molecule has 0 radical (unpaired) electrons. The smallest absolute Gasteiger partial charge is 0.229 e. The Bertz CT molecular complexity index is 934. The van der Waals surface area contributed by atoms with Crippen molar-refractivity contribution in [1.82, 2.24) is 15.5 Å². The molecule has 0 bridgehead atoms. The zero-order valence-electron chi connectivity index (χ0n) is 19.3. The Labute approximate surface area is 210 Å². The Morgan fingerprint density at radius 3 is 2.19 bits per heavy atom. The fraction of sp³-hybridized carbons (Fsp3) is 0.435. The summed E-state index contributed by atoms with van der Waals surface area (Å²) in [6.07, 6.45) is 1.15. The van der Waals surface area contributed by atoms with Crippen LogP contribution in [0.5, 0.6) is 0 Å². The summed E-state index contributed by atoms with van der Waals surface area (Å²) in [5.74, 6) is 0.699. The lowest BCUT2D eigenvalue weighted by molar-refractivity contribution is 0.219. The Morgan fingerprint density at radius 2 is 1.59 bits per heavy atom. The van der Waals surface area contributed by atoms with Crippen LogP contribution in [0.15, 0.2) is 59.6 Å². The van der Waals surface area contributed by atoms with Crippen molar-refractivity contribution >= 4 is 45.6 Å². The normalized spacial score (nSPS) is 12.7. The lowest BCUT2D eigenvalue weighted by atomic mass is 10.1. The second kappa shape index (κ2) is 14.3. The Morgan fingerprint density at radius 1 is 0.969 bits per heavy atom. The first kappa shape index (κ1) is 28.2. The molecule has 0 saturated carbocycles. The van der Waals surface area contributed by atoms with Crippen LogP contribution in [0.25, 0.3) is 0 Å². The van der Waals surface area contributed by atoms with Gasteiger partial charge in [0.1, 0.15) is 0 Å². The number of para-hydroxylation sites is 1. The minimum absolute atomic E-state index is 0. The van der Waals surface area contributed by atoms with Gasteiger partial charge in [-0.3, -0.25) is 9.62 Å². The molecule has 9 heteroatoms. The van der Waals surface area contributed by atoms with Gasteiger partial charge in [0, 0.05) is 13.1 Å². The van der Waals surface area contributed by atoms with Gasteiger partial charge >= 0.3 is 0 Å². The minimum atomic E-state index is -3.35. The first-order valence-electron chi connectivity index (χ1n) is 10.7. The van der Waals surface area contributed by atoms with Gasteiger partial charge in [0.15, 0.2) is 5.96 Å². The summed E-state index contributed by atoms with van der Waals surface area (Å²) >= 11 is 0. The van der Waals surface area contributed by atoms with Crippen molar-refractivity contribution in [2.45, 2.75) is 33.4 Å². The molecule has 0 aliphatic heterocycles. The zero-order chi connectivity index (χ0) is 22.7. The number of sulfonamides is 1. The van der Waals surface area contributed by atoms with Crippen LogP contribution in [0.1, 0.15) is 37.9 Å². The Hall–Kier alpha value is -1.85. The number of aliphatic imine (C=N–C) groups is 1. The second-order valence-electron chi connectivity index (χ2n) is 7.26. The molecule has 7 nitrogen and oxygen atoms in total. The molecule has 3 N–H and O–H groups in total. The maximum atomic E-state index is 11.7. The van der Waals surface area contributed by atoms with Crippen LogP contribution in [0.2, 0.25) is 0 Å². The highest BCUT2D eigenvalue weighted by Gasteiger charge is 2.18. The van der Waals surface area contributed by atoms with E-state index < -0.39 is 10.0 Å². The lowest BCUT2D eigenvalue weighted by Gasteiger charge is -2.30. The molecule has 0 aromatic heterocycles. The highest BCUT2D eigenvalue weighted by atomic mass is 127. The van der Waals surface area contributed by atoms with Gasteiger partial charge < -0.3 is 10.6 Å². The average molecular weight is 574 g/mol. The predicted molar refractivity (Wildman–Crippen MR) is 145 cm³/mol. The molecule has 2 rings (SSSR count). The number of nitrogens with zero attached hydrogens (tertiary/aromatic N) is 2. The Balaban J connectivity index is 0.00000512. The number of rotatable bonds is 11. The van der Waals surface area contributed by atoms with Crippen molar-refractivity contribution in [1.29, 1.82) is 0 Å². The minimum Gasteiger partial charge on any atom is -0.357 e. The lowest BCUT2D eigenvalue weighted by Crippen LogP contribution is -2.43. The van der Waals surface area contributed by atoms with Crippen molar-refractivity contribution in [3.05, 3.63) is 65.7 Å². The van der Waals surface area contributed by atoms with E-state index in [2.05, 4.69) is 58.4 Å².